The zero-order chi connectivity index (χ0) is 19.5. The van der Waals surface area contributed by atoms with Crippen molar-refractivity contribution in [1.82, 2.24) is 5.32 Å². The summed E-state index contributed by atoms with van der Waals surface area (Å²) in [4.78, 5) is 22.1. The highest BCUT2D eigenvalue weighted by Gasteiger charge is 2.06. The standard InChI is InChI=1S/C22H39NO3/c1-3-4-5-6-7-8-9-10-11-12-13-14-15-16-17-18-21(24)23-19-20(2)22(25)26/h6-7H,2-5,8-19H2,1H3,(H,23,24)(H,25,26). The number of carboxylic acids is 1. The molecule has 0 saturated carbocycles. The lowest BCUT2D eigenvalue weighted by Crippen LogP contribution is -2.27. The zero-order valence-electron chi connectivity index (χ0n) is 16.7. The molecule has 0 unspecified atom stereocenters. The number of rotatable bonds is 18. The number of unbranched alkanes of at least 4 members (excludes halogenated alkanes) is 11. The van der Waals surface area contributed by atoms with Gasteiger partial charge in [-0.3, -0.25) is 4.79 Å². The lowest BCUT2D eigenvalue weighted by atomic mass is 10.1. The molecule has 0 rings (SSSR count). The van der Waals surface area contributed by atoms with Gasteiger partial charge < -0.3 is 10.4 Å². The number of carboxylic acid groups (broad SMARTS) is 1. The second-order valence-electron chi connectivity index (χ2n) is 7.02. The number of hydrogen-bond acceptors (Lipinski definition) is 2. The van der Waals surface area contributed by atoms with Gasteiger partial charge in [0.1, 0.15) is 0 Å². The molecule has 150 valence electrons. The minimum absolute atomic E-state index is 0.0193. The van der Waals surface area contributed by atoms with Gasteiger partial charge >= 0.3 is 5.97 Å². The van der Waals surface area contributed by atoms with E-state index in [0.717, 1.165) is 12.8 Å². The molecule has 0 aromatic heterocycles. The maximum absolute atomic E-state index is 11.6. The normalized spacial score (nSPS) is 11.0. The summed E-state index contributed by atoms with van der Waals surface area (Å²) in [6.07, 6.45) is 21.1. The molecule has 4 heteroatoms. The average Bonchev–Trinajstić information content (AvgIpc) is 2.62. The van der Waals surface area contributed by atoms with Crippen LogP contribution in [0.15, 0.2) is 24.3 Å². The Morgan fingerprint density at radius 1 is 0.846 bits per heavy atom. The fourth-order valence-electron chi connectivity index (χ4n) is 2.71. The number of aliphatic carboxylic acids is 1. The molecule has 0 aliphatic carbocycles. The maximum atomic E-state index is 11.6. The molecule has 0 aromatic rings. The number of allylic oxidation sites excluding steroid dienone is 2. The van der Waals surface area contributed by atoms with Crippen molar-refractivity contribution in [3.05, 3.63) is 24.3 Å². The molecule has 0 bridgehead atoms. The number of carbonyl (C=O) groups is 2. The van der Waals surface area contributed by atoms with Crippen LogP contribution in [0, 0.1) is 0 Å². The lowest BCUT2D eigenvalue weighted by Gasteiger charge is -2.05. The molecular formula is C22H39NO3. The number of nitrogens with one attached hydrogen (secondary N) is 1. The molecular weight excluding hydrogens is 326 g/mol. The lowest BCUT2D eigenvalue weighted by molar-refractivity contribution is -0.132. The van der Waals surface area contributed by atoms with Crippen LogP contribution in [-0.2, 0) is 9.59 Å². The van der Waals surface area contributed by atoms with Gasteiger partial charge in [-0.2, -0.15) is 0 Å². The van der Waals surface area contributed by atoms with Crippen LogP contribution in [0.4, 0.5) is 0 Å². The smallest absolute Gasteiger partial charge is 0.332 e. The summed E-state index contributed by atoms with van der Waals surface area (Å²) in [6, 6.07) is 0. The van der Waals surface area contributed by atoms with Crippen LogP contribution >= 0.6 is 0 Å². The Kier molecular flexibility index (Phi) is 17.1. The molecule has 0 heterocycles. The van der Waals surface area contributed by atoms with E-state index in [1.165, 1.54) is 70.6 Å². The van der Waals surface area contributed by atoms with E-state index in [-0.39, 0.29) is 18.0 Å². The van der Waals surface area contributed by atoms with E-state index in [1.54, 1.807) is 0 Å². The van der Waals surface area contributed by atoms with Crippen molar-refractivity contribution in [3.8, 4) is 0 Å². The maximum Gasteiger partial charge on any atom is 0.332 e. The molecule has 0 saturated heterocycles. The van der Waals surface area contributed by atoms with E-state index in [4.69, 9.17) is 5.11 Å². The van der Waals surface area contributed by atoms with E-state index >= 15 is 0 Å². The van der Waals surface area contributed by atoms with Crippen molar-refractivity contribution in [2.45, 2.75) is 96.8 Å². The topological polar surface area (TPSA) is 66.4 Å². The first-order chi connectivity index (χ1) is 12.6. The van der Waals surface area contributed by atoms with Crippen LogP contribution < -0.4 is 5.32 Å². The second kappa shape index (κ2) is 18.2. The molecule has 26 heavy (non-hydrogen) atoms. The Morgan fingerprint density at radius 3 is 1.88 bits per heavy atom. The number of amides is 1. The van der Waals surface area contributed by atoms with Crippen molar-refractivity contribution in [3.63, 3.8) is 0 Å². The van der Waals surface area contributed by atoms with Crippen molar-refractivity contribution in [2.24, 2.45) is 0 Å². The average molecular weight is 366 g/mol. The largest absolute Gasteiger partial charge is 0.478 e. The van der Waals surface area contributed by atoms with Gasteiger partial charge in [0.05, 0.1) is 0 Å². The van der Waals surface area contributed by atoms with Gasteiger partial charge in [-0.1, -0.05) is 83.4 Å². The summed E-state index contributed by atoms with van der Waals surface area (Å²) in [5, 5.41) is 11.2. The molecule has 0 spiro atoms. The van der Waals surface area contributed by atoms with E-state index < -0.39 is 5.97 Å². The first-order valence-corrected chi connectivity index (χ1v) is 10.4. The molecule has 2 N–H and O–H groups in total. The van der Waals surface area contributed by atoms with Crippen LogP contribution in [0.5, 0.6) is 0 Å². The van der Waals surface area contributed by atoms with E-state index in [2.05, 4.69) is 31.0 Å². The van der Waals surface area contributed by atoms with Crippen LogP contribution in [0.25, 0.3) is 0 Å². The Labute approximate surface area is 160 Å². The van der Waals surface area contributed by atoms with Crippen LogP contribution in [-0.4, -0.2) is 23.5 Å². The van der Waals surface area contributed by atoms with Crippen LogP contribution in [0.2, 0.25) is 0 Å². The number of hydrogen-bond donors (Lipinski definition) is 2. The van der Waals surface area contributed by atoms with Crippen molar-refractivity contribution >= 4 is 11.9 Å². The highest BCUT2D eigenvalue weighted by molar-refractivity contribution is 5.87. The van der Waals surface area contributed by atoms with Gasteiger partial charge in [-0.25, -0.2) is 4.79 Å². The van der Waals surface area contributed by atoms with E-state index in [9.17, 15) is 9.59 Å². The Bertz CT molecular complexity index is 416. The monoisotopic (exact) mass is 365 g/mol. The molecule has 0 aromatic carbocycles. The molecule has 4 nitrogen and oxygen atoms in total. The zero-order valence-corrected chi connectivity index (χ0v) is 16.7. The van der Waals surface area contributed by atoms with Crippen LogP contribution in [0.3, 0.4) is 0 Å². The van der Waals surface area contributed by atoms with Gasteiger partial charge in [0, 0.05) is 18.5 Å². The second-order valence-corrected chi connectivity index (χ2v) is 7.02. The Balaban J connectivity index is 3.26. The van der Waals surface area contributed by atoms with Gasteiger partial charge in [-0.15, -0.1) is 0 Å². The minimum atomic E-state index is -1.06. The highest BCUT2D eigenvalue weighted by Crippen LogP contribution is 2.11. The molecule has 0 radical (unpaired) electrons. The summed E-state index contributed by atoms with van der Waals surface area (Å²) in [5.74, 6) is -1.15. The van der Waals surface area contributed by atoms with Crippen molar-refractivity contribution in [2.75, 3.05) is 6.54 Å². The SMILES string of the molecule is C=C(CNC(=O)CCCCCCCCCCCC=CCCCC)C(=O)O. The minimum Gasteiger partial charge on any atom is -0.478 e. The first-order valence-electron chi connectivity index (χ1n) is 10.4. The molecule has 0 aliphatic heterocycles. The predicted molar refractivity (Wildman–Crippen MR) is 109 cm³/mol. The third-order valence-corrected chi connectivity index (χ3v) is 4.47. The molecule has 1 amide bonds. The van der Waals surface area contributed by atoms with E-state index in [1.807, 2.05) is 0 Å². The summed E-state index contributed by atoms with van der Waals surface area (Å²) in [6.45, 7) is 5.65. The van der Waals surface area contributed by atoms with Gasteiger partial charge in [0.15, 0.2) is 0 Å². The first kappa shape index (κ1) is 24.4. The van der Waals surface area contributed by atoms with Gasteiger partial charge in [0.25, 0.3) is 0 Å². The summed E-state index contributed by atoms with van der Waals surface area (Å²) in [7, 11) is 0. The highest BCUT2D eigenvalue weighted by atomic mass is 16.4. The predicted octanol–water partition coefficient (Wildman–Crippen LogP) is 5.78. The fraction of sp³-hybridized carbons (Fsp3) is 0.727. The van der Waals surface area contributed by atoms with E-state index in [0.29, 0.717) is 6.42 Å². The summed E-state index contributed by atoms with van der Waals surface area (Å²) >= 11 is 0. The quantitative estimate of drug-likeness (QED) is 0.184. The molecule has 0 aliphatic rings. The fourth-order valence-corrected chi connectivity index (χ4v) is 2.71. The van der Waals surface area contributed by atoms with Gasteiger partial charge in [-0.05, 0) is 25.7 Å². The van der Waals surface area contributed by atoms with Crippen molar-refractivity contribution in [1.29, 1.82) is 0 Å². The summed E-state index contributed by atoms with van der Waals surface area (Å²) < 4.78 is 0. The molecule has 0 fully saturated rings. The third-order valence-electron chi connectivity index (χ3n) is 4.47. The third kappa shape index (κ3) is 17.2. The number of carbonyl (C=O) groups excluding carboxylic acids is 1. The van der Waals surface area contributed by atoms with Gasteiger partial charge in [0.2, 0.25) is 5.91 Å². The molecule has 0 atom stereocenters. The summed E-state index contributed by atoms with van der Waals surface area (Å²) in [5.41, 5.74) is 0.0193. The van der Waals surface area contributed by atoms with Crippen molar-refractivity contribution < 1.29 is 14.7 Å². The Hall–Kier alpha value is -1.58. The van der Waals surface area contributed by atoms with Crippen LogP contribution in [0.1, 0.15) is 96.8 Å². The Morgan fingerprint density at radius 2 is 1.35 bits per heavy atom.